The first kappa shape index (κ1) is 22.7. The number of piperidine rings is 1. The summed E-state index contributed by atoms with van der Waals surface area (Å²) in [5.41, 5.74) is 4.62. The number of rotatable bonds is 4. The quantitative estimate of drug-likeness (QED) is 0.423. The van der Waals surface area contributed by atoms with Gasteiger partial charge in [0.2, 0.25) is 5.91 Å². The minimum Gasteiger partial charge on any atom is -0.343 e. The zero-order valence-corrected chi connectivity index (χ0v) is 20.3. The molecule has 35 heavy (non-hydrogen) atoms. The zero-order valence-electron chi connectivity index (χ0n) is 19.5. The van der Waals surface area contributed by atoms with Crippen LogP contribution in [0.2, 0.25) is 0 Å². The normalized spacial score (nSPS) is 14.1. The van der Waals surface area contributed by atoms with E-state index in [9.17, 15) is 15.3 Å². The summed E-state index contributed by atoms with van der Waals surface area (Å²) in [5.74, 6) is 0.119. The van der Waals surface area contributed by atoms with E-state index in [0.717, 1.165) is 58.1 Å². The minimum atomic E-state index is 0.119. The Kier molecular flexibility index (Phi) is 6.02. The molecule has 9 heteroatoms. The number of likely N-dealkylation sites (tertiary alicyclic amines) is 1. The van der Waals surface area contributed by atoms with Crippen LogP contribution in [0.1, 0.15) is 42.6 Å². The molecule has 1 amide bonds. The molecule has 0 saturated carbocycles. The molecule has 5 rings (SSSR count). The number of nitrogens with zero attached hydrogens (tertiary/aromatic N) is 7. The maximum absolute atomic E-state index is 11.7. The summed E-state index contributed by atoms with van der Waals surface area (Å²) >= 11 is 1.46. The standard InChI is InChI=1S/C26H23N7OS/c1-17-23(16-32(30-17)22-7-9-31(10-8-22)18(2)34)20-11-25(26-21(13-28)14-29-33(26)15-20)35-24-6-4-3-5-19(24)12-27/h3-6,11,14-16,22H,7-10H2,1-2H3. The number of benzene rings is 1. The van der Waals surface area contributed by atoms with Gasteiger partial charge in [0.05, 0.1) is 34.6 Å². The summed E-state index contributed by atoms with van der Waals surface area (Å²) in [5, 5.41) is 28.4. The van der Waals surface area contributed by atoms with Gasteiger partial charge < -0.3 is 4.90 Å². The summed E-state index contributed by atoms with van der Waals surface area (Å²) in [4.78, 5) is 15.2. The van der Waals surface area contributed by atoms with E-state index in [-0.39, 0.29) is 11.9 Å². The number of amides is 1. The van der Waals surface area contributed by atoms with Gasteiger partial charge in [-0.05, 0) is 38.0 Å². The fourth-order valence-corrected chi connectivity index (χ4v) is 5.65. The third kappa shape index (κ3) is 4.27. The molecule has 0 radical (unpaired) electrons. The number of nitriles is 2. The van der Waals surface area contributed by atoms with Gasteiger partial charge >= 0.3 is 0 Å². The second kappa shape index (κ2) is 9.28. The Hall–Kier alpha value is -4.08. The second-order valence-corrected chi connectivity index (χ2v) is 9.70. The molecule has 3 aromatic heterocycles. The molecule has 0 N–H and O–H groups in total. The molecule has 1 saturated heterocycles. The van der Waals surface area contributed by atoms with Crippen molar-refractivity contribution >= 4 is 23.2 Å². The molecular formula is C26H23N7OS. The van der Waals surface area contributed by atoms with Crippen molar-refractivity contribution in [1.82, 2.24) is 24.3 Å². The average molecular weight is 482 g/mol. The van der Waals surface area contributed by atoms with E-state index in [2.05, 4.69) is 23.4 Å². The lowest BCUT2D eigenvalue weighted by atomic mass is 10.1. The molecule has 1 fully saturated rings. The van der Waals surface area contributed by atoms with Crippen molar-refractivity contribution in [1.29, 1.82) is 10.5 Å². The SMILES string of the molecule is CC(=O)N1CCC(n2cc(-c3cc(Sc4ccccc4C#N)c4c(C#N)cnn4c3)c(C)n2)CC1. The lowest BCUT2D eigenvalue weighted by molar-refractivity contribution is -0.130. The highest BCUT2D eigenvalue weighted by atomic mass is 32.2. The van der Waals surface area contributed by atoms with Crippen LogP contribution >= 0.6 is 11.8 Å². The lowest BCUT2D eigenvalue weighted by Crippen LogP contribution is -2.37. The average Bonchev–Trinajstić information content (AvgIpc) is 3.47. The first-order valence-electron chi connectivity index (χ1n) is 11.4. The molecule has 0 unspecified atom stereocenters. The molecule has 0 atom stereocenters. The van der Waals surface area contributed by atoms with Crippen molar-refractivity contribution in [3.05, 3.63) is 65.7 Å². The molecule has 0 bridgehead atoms. The summed E-state index contributed by atoms with van der Waals surface area (Å²) in [6.07, 6.45) is 7.30. The highest BCUT2D eigenvalue weighted by Gasteiger charge is 2.24. The number of aryl methyl sites for hydroxylation is 1. The van der Waals surface area contributed by atoms with E-state index in [1.54, 1.807) is 23.7 Å². The Bertz CT molecular complexity index is 1510. The van der Waals surface area contributed by atoms with E-state index in [0.29, 0.717) is 11.1 Å². The number of aromatic nitrogens is 4. The zero-order chi connectivity index (χ0) is 24.5. The van der Waals surface area contributed by atoms with Gasteiger partial charge in [-0.15, -0.1) is 0 Å². The molecule has 4 aromatic rings. The van der Waals surface area contributed by atoms with Crippen molar-refractivity contribution in [3.63, 3.8) is 0 Å². The van der Waals surface area contributed by atoms with Gasteiger partial charge in [-0.2, -0.15) is 20.7 Å². The molecule has 1 aliphatic rings. The van der Waals surface area contributed by atoms with Crippen molar-refractivity contribution in [2.75, 3.05) is 13.1 Å². The Morgan fingerprint density at radius 2 is 1.83 bits per heavy atom. The van der Waals surface area contributed by atoms with E-state index in [4.69, 9.17) is 5.10 Å². The fourth-order valence-electron chi connectivity index (χ4n) is 4.56. The molecule has 0 aliphatic carbocycles. The summed E-state index contributed by atoms with van der Waals surface area (Å²) in [6.45, 7) is 5.08. The van der Waals surface area contributed by atoms with Crippen LogP contribution in [0.3, 0.4) is 0 Å². The van der Waals surface area contributed by atoms with Crippen LogP contribution in [-0.4, -0.2) is 43.3 Å². The predicted octanol–water partition coefficient (Wildman–Crippen LogP) is 4.58. The van der Waals surface area contributed by atoms with E-state index in [1.165, 1.54) is 11.8 Å². The van der Waals surface area contributed by atoms with Crippen LogP contribution < -0.4 is 0 Å². The van der Waals surface area contributed by atoms with Crippen molar-refractivity contribution < 1.29 is 4.79 Å². The highest BCUT2D eigenvalue weighted by Crippen LogP contribution is 2.38. The third-order valence-electron chi connectivity index (χ3n) is 6.44. The predicted molar refractivity (Wildman–Crippen MR) is 132 cm³/mol. The Morgan fingerprint density at radius 3 is 2.54 bits per heavy atom. The second-order valence-electron chi connectivity index (χ2n) is 8.61. The summed E-state index contributed by atoms with van der Waals surface area (Å²) in [6, 6.07) is 14.2. The first-order valence-corrected chi connectivity index (χ1v) is 12.2. The molecule has 8 nitrogen and oxygen atoms in total. The van der Waals surface area contributed by atoms with Gasteiger partial charge in [-0.25, -0.2) is 4.52 Å². The topological polar surface area (TPSA) is 103 Å². The van der Waals surface area contributed by atoms with E-state index in [1.807, 2.05) is 47.0 Å². The Morgan fingerprint density at radius 1 is 1.09 bits per heavy atom. The largest absolute Gasteiger partial charge is 0.343 e. The molecule has 1 aromatic carbocycles. The van der Waals surface area contributed by atoms with Crippen LogP contribution in [0, 0.1) is 29.6 Å². The minimum absolute atomic E-state index is 0.119. The van der Waals surface area contributed by atoms with Gasteiger partial charge in [0.25, 0.3) is 0 Å². The van der Waals surface area contributed by atoms with Gasteiger partial charge in [0, 0.05) is 53.3 Å². The van der Waals surface area contributed by atoms with Gasteiger partial charge in [0.15, 0.2) is 0 Å². The number of carbonyl (C=O) groups excluding carboxylic acids is 1. The summed E-state index contributed by atoms with van der Waals surface area (Å²) < 4.78 is 3.75. The fraction of sp³-hybridized carbons (Fsp3) is 0.269. The number of hydrogen-bond donors (Lipinski definition) is 0. The van der Waals surface area contributed by atoms with Gasteiger partial charge in [0.1, 0.15) is 12.1 Å². The number of carbonyl (C=O) groups is 1. The maximum atomic E-state index is 11.7. The first-order chi connectivity index (χ1) is 17.0. The van der Waals surface area contributed by atoms with Crippen molar-refractivity contribution in [3.8, 4) is 23.3 Å². The van der Waals surface area contributed by atoms with Crippen molar-refractivity contribution in [2.45, 2.75) is 42.5 Å². The Labute approximate surface area is 207 Å². The van der Waals surface area contributed by atoms with Gasteiger partial charge in [-0.1, -0.05) is 23.9 Å². The molecule has 4 heterocycles. The van der Waals surface area contributed by atoms with Crippen LogP contribution in [0.25, 0.3) is 16.6 Å². The van der Waals surface area contributed by atoms with Crippen LogP contribution in [0.4, 0.5) is 0 Å². The van der Waals surface area contributed by atoms with E-state index < -0.39 is 0 Å². The molecule has 1 aliphatic heterocycles. The number of hydrogen-bond acceptors (Lipinski definition) is 6. The highest BCUT2D eigenvalue weighted by molar-refractivity contribution is 7.99. The van der Waals surface area contributed by atoms with Crippen LogP contribution in [0.5, 0.6) is 0 Å². The third-order valence-corrected chi connectivity index (χ3v) is 7.54. The molecule has 174 valence electrons. The van der Waals surface area contributed by atoms with Crippen LogP contribution in [-0.2, 0) is 4.79 Å². The maximum Gasteiger partial charge on any atom is 0.219 e. The van der Waals surface area contributed by atoms with Gasteiger partial charge in [-0.3, -0.25) is 9.48 Å². The molecule has 0 spiro atoms. The number of pyridine rings is 1. The van der Waals surface area contributed by atoms with Crippen molar-refractivity contribution in [2.24, 2.45) is 0 Å². The van der Waals surface area contributed by atoms with Crippen LogP contribution in [0.15, 0.2) is 58.7 Å². The molecular weight excluding hydrogens is 458 g/mol. The number of fused-ring (bicyclic) bond motifs is 1. The smallest absolute Gasteiger partial charge is 0.219 e. The lowest BCUT2D eigenvalue weighted by Gasteiger charge is -2.31. The summed E-state index contributed by atoms with van der Waals surface area (Å²) in [7, 11) is 0. The van der Waals surface area contributed by atoms with E-state index >= 15 is 0 Å². The Balaban J connectivity index is 1.54. The monoisotopic (exact) mass is 481 g/mol.